The van der Waals surface area contributed by atoms with Crippen LogP contribution in [0.4, 0.5) is 5.69 Å². The van der Waals surface area contributed by atoms with Gasteiger partial charge in [-0.3, -0.25) is 4.79 Å². The van der Waals surface area contributed by atoms with Crippen LogP contribution in [0, 0.1) is 6.92 Å². The average molecular weight is 353 g/mol. The Morgan fingerprint density at radius 1 is 1.27 bits per heavy atom. The lowest BCUT2D eigenvalue weighted by molar-refractivity contribution is -0.111. The lowest BCUT2D eigenvalue weighted by atomic mass is 10.1. The summed E-state index contributed by atoms with van der Waals surface area (Å²) in [6, 6.07) is 9.68. The van der Waals surface area contributed by atoms with E-state index in [2.05, 4.69) is 12.2 Å². The van der Waals surface area contributed by atoms with Crippen molar-refractivity contribution >= 4 is 17.7 Å². The van der Waals surface area contributed by atoms with Crippen molar-refractivity contribution in [2.45, 2.75) is 20.3 Å². The molecule has 0 aliphatic carbocycles. The number of ether oxygens (including phenoxy) is 3. The van der Waals surface area contributed by atoms with Crippen molar-refractivity contribution in [2.75, 3.05) is 25.6 Å². The highest BCUT2D eigenvalue weighted by molar-refractivity contribution is 6.02. The van der Waals surface area contributed by atoms with Crippen molar-refractivity contribution in [3.63, 3.8) is 0 Å². The van der Waals surface area contributed by atoms with Gasteiger partial charge in [-0.15, -0.1) is 0 Å². The number of nitrogens with one attached hydrogen (secondary N) is 1. The van der Waals surface area contributed by atoms with Crippen LogP contribution in [0.3, 0.4) is 0 Å². The summed E-state index contributed by atoms with van der Waals surface area (Å²) in [5.41, 5.74) is 3.85. The molecule has 1 N–H and O–H groups in total. The van der Waals surface area contributed by atoms with Crippen LogP contribution < -0.4 is 19.5 Å². The van der Waals surface area contributed by atoms with E-state index in [4.69, 9.17) is 14.2 Å². The summed E-state index contributed by atoms with van der Waals surface area (Å²) >= 11 is 0. The SMILES string of the molecule is CCc1cccc(C)c1NC(=O)/C=C/c1cc(OC)c2c(c1)OCCO2. The summed E-state index contributed by atoms with van der Waals surface area (Å²) in [4.78, 5) is 12.4. The third-order valence-electron chi connectivity index (χ3n) is 4.27. The maximum Gasteiger partial charge on any atom is 0.248 e. The molecule has 136 valence electrons. The summed E-state index contributed by atoms with van der Waals surface area (Å²) in [6.45, 7) is 5.06. The first-order chi connectivity index (χ1) is 12.6. The first-order valence-corrected chi connectivity index (χ1v) is 8.67. The second-order valence-electron chi connectivity index (χ2n) is 6.03. The molecule has 0 saturated heterocycles. The molecule has 0 unspecified atom stereocenters. The van der Waals surface area contributed by atoms with E-state index in [0.717, 1.165) is 28.8 Å². The highest BCUT2D eigenvalue weighted by Gasteiger charge is 2.17. The number of hydrogen-bond donors (Lipinski definition) is 1. The number of hydrogen-bond acceptors (Lipinski definition) is 4. The van der Waals surface area contributed by atoms with Gasteiger partial charge in [0.05, 0.1) is 7.11 Å². The predicted molar refractivity (Wildman–Crippen MR) is 102 cm³/mol. The van der Waals surface area contributed by atoms with Gasteiger partial charge in [0.15, 0.2) is 11.5 Å². The molecule has 0 spiro atoms. The quantitative estimate of drug-likeness (QED) is 0.826. The molecular formula is C21H23NO4. The number of aryl methyl sites for hydroxylation is 2. The second kappa shape index (κ2) is 7.95. The number of benzene rings is 2. The zero-order chi connectivity index (χ0) is 18.5. The molecule has 1 aliphatic heterocycles. The van der Waals surface area contributed by atoms with E-state index in [0.29, 0.717) is 30.5 Å². The van der Waals surface area contributed by atoms with Crippen LogP contribution in [0.2, 0.25) is 0 Å². The van der Waals surface area contributed by atoms with E-state index in [9.17, 15) is 4.79 Å². The highest BCUT2D eigenvalue weighted by atomic mass is 16.6. The van der Waals surface area contributed by atoms with Crippen molar-refractivity contribution in [2.24, 2.45) is 0 Å². The Hall–Kier alpha value is -2.95. The average Bonchev–Trinajstić information content (AvgIpc) is 2.67. The van der Waals surface area contributed by atoms with Crippen LogP contribution in [0.1, 0.15) is 23.6 Å². The molecule has 5 heteroatoms. The van der Waals surface area contributed by atoms with E-state index in [1.807, 2.05) is 37.3 Å². The highest BCUT2D eigenvalue weighted by Crippen LogP contribution is 2.40. The Kier molecular flexibility index (Phi) is 5.46. The molecule has 1 heterocycles. The van der Waals surface area contributed by atoms with Crippen LogP contribution in [-0.2, 0) is 11.2 Å². The maximum absolute atomic E-state index is 12.4. The predicted octanol–water partition coefficient (Wildman–Crippen LogP) is 3.99. The number of carbonyl (C=O) groups excluding carboxylic acids is 1. The first kappa shape index (κ1) is 17.9. The minimum Gasteiger partial charge on any atom is -0.493 e. The zero-order valence-corrected chi connectivity index (χ0v) is 15.3. The Bertz CT molecular complexity index is 825. The fourth-order valence-corrected chi connectivity index (χ4v) is 2.93. The third kappa shape index (κ3) is 3.82. The van der Waals surface area contributed by atoms with Gasteiger partial charge < -0.3 is 19.5 Å². The first-order valence-electron chi connectivity index (χ1n) is 8.67. The zero-order valence-electron chi connectivity index (χ0n) is 15.3. The number of para-hydroxylation sites is 1. The summed E-state index contributed by atoms with van der Waals surface area (Å²) in [5, 5.41) is 2.98. The van der Waals surface area contributed by atoms with Crippen LogP contribution in [0.15, 0.2) is 36.4 Å². The molecule has 3 rings (SSSR count). The summed E-state index contributed by atoms with van der Waals surface area (Å²) in [6.07, 6.45) is 4.11. The minimum atomic E-state index is -0.178. The molecule has 0 atom stereocenters. The van der Waals surface area contributed by atoms with Crippen molar-refractivity contribution in [1.29, 1.82) is 0 Å². The summed E-state index contributed by atoms with van der Waals surface area (Å²) < 4.78 is 16.6. The Morgan fingerprint density at radius 3 is 2.85 bits per heavy atom. The van der Waals surface area contributed by atoms with Crippen molar-refractivity contribution in [1.82, 2.24) is 0 Å². The molecule has 0 aromatic heterocycles. The molecular weight excluding hydrogens is 330 g/mol. The molecule has 0 bridgehead atoms. The fourth-order valence-electron chi connectivity index (χ4n) is 2.93. The van der Waals surface area contributed by atoms with E-state index in [1.165, 1.54) is 6.08 Å². The smallest absolute Gasteiger partial charge is 0.248 e. The topological polar surface area (TPSA) is 56.8 Å². The minimum absolute atomic E-state index is 0.178. The Labute approximate surface area is 153 Å². The van der Waals surface area contributed by atoms with Gasteiger partial charge in [-0.2, -0.15) is 0 Å². The van der Waals surface area contributed by atoms with Gasteiger partial charge in [0, 0.05) is 11.8 Å². The number of carbonyl (C=O) groups is 1. The molecule has 0 saturated carbocycles. The van der Waals surface area contributed by atoms with Crippen LogP contribution in [0.25, 0.3) is 6.08 Å². The molecule has 1 amide bonds. The van der Waals surface area contributed by atoms with Gasteiger partial charge in [0.1, 0.15) is 13.2 Å². The van der Waals surface area contributed by atoms with Gasteiger partial charge >= 0.3 is 0 Å². The lowest BCUT2D eigenvalue weighted by Gasteiger charge is -2.20. The molecule has 0 radical (unpaired) electrons. The number of amides is 1. The van der Waals surface area contributed by atoms with Gasteiger partial charge in [0.25, 0.3) is 0 Å². The number of methoxy groups -OCH3 is 1. The molecule has 26 heavy (non-hydrogen) atoms. The summed E-state index contributed by atoms with van der Waals surface area (Å²) in [5.74, 6) is 1.65. The fraction of sp³-hybridized carbons (Fsp3) is 0.286. The van der Waals surface area contributed by atoms with Gasteiger partial charge in [-0.25, -0.2) is 0 Å². The number of fused-ring (bicyclic) bond motifs is 1. The van der Waals surface area contributed by atoms with E-state index >= 15 is 0 Å². The summed E-state index contributed by atoms with van der Waals surface area (Å²) in [7, 11) is 1.58. The Balaban J connectivity index is 1.79. The van der Waals surface area contributed by atoms with Crippen LogP contribution in [-0.4, -0.2) is 26.2 Å². The number of anilines is 1. The molecule has 1 aliphatic rings. The Morgan fingerprint density at radius 2 is 2.08 bits per heavy atom. The van der Waals surface area contributed by atoms with E-state index < -0.39 is 0 Å². The normalized spacial score (nSPS) is 12.9. The molecule has 5 nitrogen and oxygen atoms in total. The standard InChI is InChI=1S/C21H23NO4/c1-4-16-7-5-6-14(2)20(16)22-19(23)9-8-15-12-17(24-3)21-18(13-15)25-10-11-26-21/h5-9,12-13H,4,10-11H2,1-3H3,(H,22,23)/b9-8+. The lowest BCUT2D eigenvalue weighted by Crippen LogP contribution is -2.16. The van der Waals surface area contributed by atoms with Gasteiger partial charge in [-0.1, -0.05) is 25.1 Å². The van der Waals surface area contributed by atoms with Crippen LogP contribution in [0.5, 0.6) is 17.2 Å². The molecule has 2 aromatic rings. The van der Waals surface area contributed by atoms with E-state index in [-0.39, 0.29) is 5.91 Å². The maximum atomic E-state index is 12.4. The van der Waals surface area contributed by atoms with Crippen molar-refractivity contribution in [3.8, 4) is 17.2 Å². The van der Waals surface area contributed by atoms with Crippen molar-refractivity contribution < 1.29 is 19.0 Å². The van der Waals surface area contributed by atoms with Crippen molar-refractivity contribution in [3.05, 3.63) is 53.1 Å². The van der Waals surface area contributed by atoms with Gasteiger partial charge in [0.2, 0.25) is 11.7 Å². The van der Waals surface area contributed by atoms with E-state index in [1.54, 1.807) is 13.2 Å². The van der Waals surface area contributed by atoms with Crippen LogP contribution >= 0.6 is 0 Å². The molecule has 2 aromatic carbocycles. The third-order valence-corrected chi connectivity index (χ3v) is 4.27. The largest absolute Gasteiger partial charge is 0.493 e. The number of rotatable bonds is 5. The monoisotopic (exact) mass is 353 g/mol. The molecule has 0 fully saturated rings. The van der Waals surface area contributed by atoms with Gasteiger partial charge in [-0.05, 0) is 48.2 Å². The second-order valence-corrected chi connectivity index (χ2v) is 6.03.